The summed E-state index contributed by atoms with van der Waals surface area (Å²) in [6.45, 7) is 6.85. The lowest BCUT2D eigenvalue weighted by atomic mass is 9.88. The molecule has 0 unspecified atom stereocenters. The highest BCUT2D eigenvalue weighted by molar-refractivity contribution is 5.98. The largest absolute Gasteiger partial charge is 0.459 e. The molecule has 0 spiro atoms. The van der Waals surface area contributed by atoms with Gasteiger partial charge in [-0.2, -0.15) is 0 Å². The van der Waals surface area contributed by atoms with Gasteiger partial charge in [-0.25, -0.2) is 0 Å². The fourth-order valence-corrected chi connectivity index (χ4v) is 3.87. The van der Waals surface area contributed by atoms with Crippen molar-refractivity contribution < 1.29 is 18.8 Å². The quantitative estimate of drug-likeness (QED) is 0.713. The summed E-state index contributed by atoms with van der Waals surface area (Å²) in [4.78, 5) is 40.3. The van der Waals surface area contributed by atoms with Gasteiger partial charge in [0.05, 0.1) is 6.26 Å². The van der Waals surface area contributed by atoms with Gasteiger partial charge in [0.15, 0.2) is 5.76 Å². The second kappa shape index (κ2) is 10.3. The average molecular weight is 426 g/mol. The summed E-state index contributed by atoms with van der Waals surface area (Å²) >= 11 is 0. The van der Waals surface area contributed by atoms with E-state index < -0.39 is 6.04 Å². The van der Waals surface area contributed by atoms with Crippen LogP contribution >= 0.6 is 0 Å². The van der Waals surface area contributed by atoms with E-state index in [1.165, 1.54) is 6.26 Å². The molecular formula is C24H31N3O4. The van der Waals surface area contributed by atoms with Gasteiger partial charge in [0.1, 0.15) is 6.04 Å². The maximum atomic E-state index is 13.0. The first kappa shape index (κ1) is 22.6. The number of amides is 3. The molecule has 7 nitrogen and oxygen atoms in total. The van der Waals surface area contributed by atoms with Gasteiger partial charge >= 0.3 is 0 Å². The summed E-state index contributed by atoms with van der Waals surface area (Å²) in [6.07, 6.45) is 3.54. The highest BCUT2D eigenvalue weighted by Crippen LogP contribution is 2.23. The number of benzene rings is 1. The second-order valence-corrected chi connectivity index (χ2v) is 8.19. The van der Waals surface area contributed by atoms with Crippen molar-refractivity contribution in [1.29, 1.82) is 0 Å². The Morgan fingerprint density at radius 2 is 1.81 bits per heavy atom. The first-order valence-corrected chi connectivity index (χ1v) is 10.9. The second-order valence-electron chi connectivity index (χ2n) is 8.19. The third-order valence-electron chi connectivity index (χ3n) is 5.99. The monoisotopic (exact) mass is 425 g/mol. The van der Waals surface area contributed by atoms with Gasteiger partial charge in [-0.05, 0) is 62.8 Å². The Morgan fingerprint density at radius 1 is 1.10 bits per heavy atom. The van der Waals surface area contributed by atoms with Crippen molar-refractivity contribution in [3.8, 4) is 0 Å². The van der Waals surface area contributed by atoms with E-state index in [4.69, 9.17) is 4.42 Å². The first-order chi connectivity index (χ1) is 14.9. The van der Waals surface area contributed by atoms with Crippen LogP contribution in [-0.4, -0.2) is 47.8 Å². The van der Waals surface area contributed by atoms with Crippen LogP contribution < -0.4 is 10.6 Å². The van der Waals surface area contributed by atoms with E-state index in [1.807, 2.05) is 39.0 Å². The lowest BCUT2D eigenvalue weighted by Gasteiger charge is -2.36. The molecule has 1 aromatic heterocycles. The summed E-state index contributed by atoms with van der Waals surface area (Å²) in [5.74, 6) is -0.313. The number of nitrogens with one attached hydrogen (secondary N) is 2. The summed E-state index contributed by atoms with van der Waals surface area (Å²) in [6, 6.07) is 10.0. The molecule has 1 saturated heterocycles. The average Bonchev–Trinajstić information content (AvgIpc) is 3.32. The van der Waals surface area contributed by atoms with E-state index in [-0.39, 0.29) is 29.7 Å². The predicted octanol–water partition coefficient (Wildman–Crippen LogP) is 3.15. The molecule has 0 bridgehead atoms. The maximum absolute atomic E-state index is 13.0. The Bertz CT molecular complexity index is 901. The summed E-state index contributed by atoms with van der Waals surface area (Å²) in [7, 11) is 0. The Balaban J connectivity index is 1.71. The minimum Gasteiger partial charge on any atom is -0.459 e. The molecule has 166 valence electrons. The van der Waals surface area contributed by atoms with Crippen molar-refractivity contribution in [3.05, 3.63) is 59.5 Å². The molecule has 3 amide bonds. The predicted molar refractivity (Wildman–Crippen MR) is 118 cm³/mol. The van der Waals surface area contributed by atoms with E-state index in [2.05, 4.69) is 10.6 Å². The van der Waals surface area contributed by atoms with E-state index in [0.29, 0.717) is 37.3 Å². The molecule has 3 rings (SSSR count). The SMILES string of the molecule is CC[C@@H](C)NC(=O)[C@H](NC(=O)c1ccccc1C)C1CCN(C(=O)c2ccco2)CC1. The molecule has 2 heterocycles. The molecule has 2 aromatic rings. The Kier molecular flexibility index (Phi) is 7.50. The van der Waals surface area contributed by atoms with Crippen molar-refractivity contribution in [1.82, 2.24) is 15.5 Å². The van der Waals surface area contributed by atoms with Gasteiger partial charge in [-0.3, -0.25) is 14.4 Å². The number of furan rings is 1. The van der Waals surface area contributed by atoms with Gasteiger partial charge in [0.2, 0.25) is 5.91 Å². The molecule has 1 aliphatic rings. The van der Waals surface area contributed by atoms with Crippen LogP contribution in [0, 0.1) is 12.8 Å². The molecule has 7 heteroatoms. The van der Waals surface area contributed by atoms with Crippen molar-refractivity contribution in [2.75, 3.05) is 13.1 Å². The maximum Gasteiger partial charge on any atom is 0.289 e. The lowest BCUT2D eigenvalue weighted by molar-refractivity contribution is -0.125. The first-order valence-electron chi connectivity index (χ1n) is 10.9. The van der Waals surface area contributed by atoms with Crippen LogP contribution in [0.25, 0.3) is 0 Å². The Hall–Kier alpha value is -3.09. The van der Waals surface area contributed by atoms with E-state index in [0.717, 1.165) is 12.0 Å². The molecule has 1 fully saturated rings. The summed E-state index contributed by atoms with van der Waals surface area (Å²) in [5, 5.41) is 5.98. The number of aryl methyl sites for hydroxylation is 1. The van der Waals surface area contributed by atoms with Crippen molar-refractivity contribution in [3.63, 3.8) is 0 Å². The molecule has 2 atom stereocenters. The molecule has 1 aromatic carbocycles. The number of nitrogens with zero attached hydrogens (tertiary/aromatic N) is 1. The fourth-order valence-electron chi connectivity index (χ4n) is 3.87. The number of carbonyl (C=O) groups is 3. The molecule has 2 N–H and O–H groups in total. The van der Waals surface area contributed by atoms with Gasteiger partial charge in [-0.1, -0.05) is 25.1 Å². The van der Waals surface area contributed by atoms with E-state index >= 15 is 0 Å². The van der Waals surface area contributed by atoms with Crippen molar-refractivity contribution in [2.24, 2.45) is 5.92 Å². The van der Waals surface area contributed by atoms with Crippen molar-refractivity contribution in [2.45, 2.75) is 52.1 Å². The normalized spacial score (nSPS) is 16.4. The number of hydrogen-bond acceptors (Lipinski definition) is 4. The molecule has 0 aliphatic carbocycles. The van der Waals surface area contributed by atoms with Crippen molar-refractivity contribution >= 4 is 17.7 Å². The summed E-state index contributed by atoms with van der Waals surface area (Å²) in [5.41, 5.74) is 1.43. The molecule has 0 radical (unpaired) electrons. The third kappa shape index (κ3) is 5.54. The smallest absolute Gasteiger partial charge is 0.289 e. The van der Waals surface area contributed by atoms with Gasteiger partial charge in [0.25, 0.3) is 11.8 Å². The van der Waals surface area contributed by atoms with Gasteiger partial charge in [-0.15, -0.1) is 0 Å². The molecule has 0 saturated carbocycles. The van der Waals surface area contributed by atoms with Crippen LogP contribution in [0.1, 0.15) is 59.6 Å². The molecule has 1 aliphatic heterocycles. The Morgan fingerprint density at radius 3 is 2.42 bits per heavy atom. The topological polar surface area (TPSA) is 91.7 Å². The summed E-state index contributed by atoms with van der Waals surface area (Å²) < 4.78 is 5.22. The van der Waals surface area contributed by atoms with Crippen LogP contribution in [0.4, 0.5) is 0 Å². The van der Waals surface area contributed by atoms with Crippen LogP contribution in [0.5, 0.6) is 0 Å². The van der Waals surface area contributed by atoms with Crippen LogP contribution in [0.2, 0.25) is 0 Å². The number of piperidine rings is 1. The number of likely N-dealkylation sites (tertiary alicyclic amines) is 1. The zero-order valence-electron chi connectivity index (χ0n) is 18.4. The minimum atomic E-state index is -0.651. The number of carbonyl (C=O) groups excluding carboxylic acids is 3. The van der Waals surface area contributed by atoms with Gasteiger partial charge < -0.3 is 20.0 Å². The highest BCUT2D eigenvalue weighted by atomic mass is 16.3. The van der Waals surface area contributed by atoms with E-state index in [1.54, 1.807) is 23.1 Å². The standard InChI is InChI=1S/C24H31N3O4/c1-4-17(3)25-23(29)21(26-22(28)19-9-6-5-8-16(19)2)18-11-13-27(14-12-18)24(30)20-10-7-15-31-20/h5-10,15,17-18,21H,4,11-14H2,1-3H3,(H,25,29)(H,26,28)/t17-,21-/m1/s1. The lowest BCUT2D eigenvalue weighted by Crippen LogP contribution is -2.55. The van der Waals surface area contributed by atoms with E-state index in [9.17, 15) is 14.4 Å². The van der Waals surface area contributed by atoms with Gasteiger partial charge in [0, 0.05) is 24.7 Å². The highest BCUT2D eigenvalue weighted by Gasteiger charge is 2.35. The molecular weight excluding hydrogens is 394 g/mol. The minimum absolute atomic E-state index is 0.0194. The molecule has 31 heavy (non-hydrogen) atoms. The van der Waals surface area contributed by atoms with Crippen LogP contribution in [0.15, 0.2) is 47.1 Å². The Labute approximate surface area is 183 Å². The zero-order chi connectivity index (χ0) is 22.4. The number of rotatable bonds is 7. The van der Waals surface area contributed by atoms with Crippen LogP contribution in [0.3, 0.4) is 0 Å². The zero-order valence-corrected chi connectivity index (χ0v) is 18.4. The third-order valence-corrected chi connectivity index (χ3v) is 5.99. The van der Waals surface area contributed by atoms with Crippen LogP contribution in [-0.2, 0) is 4.79 Å². The fraction of sp³-hybridized carbons (Fsp3) is 0.458. The number of hydrogen-bond donors (Lipinski definition) is 2.